The van der Waals surface area contributed by atoms with Crippen LogP contribution in [0.25, 0.3) is 0 Å². The van der Waals surface area contributed by atoms with E-state index in [2.05, 4.69) is 21.3 Å². The van der Waals surface area contributed by atoms with E-state index in [9.17, 15) is 48.6 Å². The number of esters is 4. The van der Waals surface area contributed by atoms with Gasteiger partial charge < -0.3 is 75.1 Å². The van der Waals surface area contributed by atoms with E-state index in [1.54, 1.807) is 115 Å². The maximum absolute atomic E-state index is 16.0. The standard InChI is InChI=1S/C78H85N5O20/c1-46-58(42-78(95)67(102-71(91)54-32-20-11-21-33-54)65-76(6,59(86)41-60-77(65,45-98-60)103-48(3)85)66(87)63(99-47(2)84)61(46)75(78,4)5)100-72(92)64(62(52-28-16-9-17-29-52)83-68(88)53-30-18-10-19-31-53)101-74(94)97-44-51-35-37-55(38-36-51)80-69(89)56(34-22-23-39-79)81-70(90)57(40-49-24-12-7-13-25-49)82-73(93)96-43-50-26-14-8-15-27-50/h7-21,24-33,35-38,56-60,62-65,67,86,95H,22-23,34,39-45,79H2,1-6H3,(H,80,89)(H,81,90)(H,82,93)(H,83,88)/t56-,57-,58-,59-,60+,62-,63+,64+,65-,67-,76+,77-,78+/m0/s1. The molecule has 103 heavy (non-hydrogen) atoms. The molecule has 10 rings (SSSR count). The van der Waals surface area contributed by atoms with Gasteiger partial charge in [0.05, 0.1) is 29.6 Å². The van der Waals surface area contributed by atoms with Crippen molar-refractivity contribution in [2.75, 3.05) is 18.5 Å². The van der Waals surface area contributed by atoms with Crippen molar-refractivity contribution >= 4 is 65.3 Å². The van der Waals surface area contributed by atoms with Crippen molar-refractivity contribution < 1.29 is 96.1 Å². The smallest absolute Gasteiger partial charge is 0.455 e. The number of Topliss-reactive ketones (excluding diaryl/α,β-unsaturated/α-hetero) is 1. The monoisotopic (exact) mass is 1410 g/mol. The average Bonchev–Trinajstić information content (AvgIpc) is 0.669. The van der Waals surface area contributed by atoms with E-state index >= 15 is 9.59 Å². The Kier molecular flexibility index (Phi) is 23.8. The summed E-state index contributed by atoms with van der Waals surface area (Å²) in [4.78, 5) is 143. The van der Waals surface area contributed by atoms with E-state index in [4.69, 9.17) is 43.6 Å². The molecule has 4 aliphatic rings. The molecule has 6 aromatic carbocycles. The highest BCUT2D eigenvalue weighted by atomic mass is 16.7. The number of unbranched alkanes of at least 4 members (excludes halogenated alkanes) is 1. The van der Waals surface area contributed by atoms with Gasteiger partial charge in [0.15, 0.2) is 17.5 Å². The lowest BCUT2D eigenvalue weighted by Crippen LogP contribution is -2.82. The van der Waals surface area contributed by atoms with Gasteiger partial charge in [-0.15, -0.1) is 0 Å². The Morgan fingerprint density at radius 1 is 0.650 bits per heavy atom. The molecule has 0 radical (unpaired) electrons. The van der Waals surface area contributed by atoms with Crippen LogP contribution in [0.3, 0.4) is 0 Å². The third-order valence-electron chi connectivity index (χ3n) is 19.9. The number of ether oxygens (including phenoxy) is 8. The highest BCUT2D eigenvalue weighted by Gasteiger charge is 2.78. The molecule has 1 aliphatic heterocycles. The van der Waals surface area contributed by atoms with E-state index in [0.29, 0.717) is 24.9 Å². The lowest BCUT2D eigenvalue weighted by Gasteiger charge is -2.67. The van der Waals surface area contributed by atoms with Gasteiger partial charge >= 0.3 is 36.1 Å². The first-order valence-electron chi connectivity index (χ1n) is 34.0. The molecule has 3 aliphatic carbocycles. The number of ketones is 1. The van der Waals surface area contributed by atoms with Crippen LogP contribution in [0.2, 0.25) is 0 Å². The Balaban J connectivity index is 0.937. The van der Waals surface area contributed by atoms with Crippen molar-refractivity contribution in [2.24, 2.45) is 22.5 Å². The SMILES string of the molecule is CC(=O)O[C@H]1C(=O)[C@@]2(C)[C@H]([C@H](OC(=O)c3ccccc3)[C@]3(O)C[C@H](OC(=O)[C@H](OC(=O)OCc4ccc(NC(=O)[C@H](CCCCN)NC(=O)[C@H](Cc5ccccc5)NC(=O)OCc5ccccc5)cc4)[C@@H](NC(=O)c4ccccc4)c4ccccc4)C(C)=C1C3(C)C)[C@]1(OC(C)=O)CO[C@@H]1C[C@@H]2O. The summed E-state index contributed by atoms with van der Waals surface area (Å²) in [5.74, 6) is -8.74. The van der Waals surface area contributed by atoms with Crippen LogP contribution in [0.4, 0.5) is 15.3 Å². The fourth-order valence-electron chi connectivity index (χ4n) is 14.5. The lowest BCUT2D eigenvalue weighted by molar-refractivity contribution is -0.346. The van der Waals surface area contributed by atoms with Gasteiger partial charge in [-0.3, -0.25) is 28.8 Å². The van der Waals surface area contributed by atoms with Crippen molar-refractivity contribution in [1.29, 1.82) is 0 Å². The van der Waals surface area contributed by atoms with Crippen LogP contribution >= 0.6 is 0 Å². The molecule has 0 aromatic heterocycles. The second-order valence-electron chi connectivity index (χ2n) is 27.0. The first-order chi connectivity index (χ1) is 49.3. The normalized spacial score (nSPS) is 24.1. The van der Waals surface area contributed by atoms with Gasteiger partial charge in [0.1, 0.15) is 55.3 Å². The molecule has 13 atom stereocenters. The maximum Gasteiger partial charge on any atom is 0.509 e. The van der Waals surface area contributed by atoms with Crippen LogP contribution < -0.4 is 27.0 Å². The third kappa shape index (κ3) is 16.7. The summed E-state index contributed by atoms with van der Waals surface area (Å²) in [6, 6.07) is 43.9. The largest absolute Gasteiger partial charge is 0.509 e. The van der Waals surface area contributed by atoms with E-state index in [1.807, 2.05) is 12.1 Å². The van der Waals surface area contributed by atoms with E-state index in [1.165, 1.54) is 76.2 Å². The Morgan fingerprint density at radius 3 is 1.83 bits per heavy atom. The Bertz CT molecular complexity index is 4090. The number of amides is 4. The number of fused-ring (bicyclic) bond motifs is 5. The van der Waals surface area contributed by atoms with Gasteiger partial charge in [0.25, 0.3) is 5.91 Å². The number of carbonyl (C=O) groups excluding carboxylic acids is 10. The Hall–Kier alpha value is -10.6. The van der Waals surface area contributed by atoms with Gasteiger partial charge in [-0.1, -0.05) is 153 Å². The number of nitrogens with two attached hydrogens (primary N) is 1. The minimum atomic E-state index is -2.56. The summed E-state index contributed by atoms with van der Waals surface area (Å²) in [7, 11) is 0. The summed E-state index contributed by atoms with van der Waals surface area (Å²) in [5.41, 5.74) is -0.200. The number of carbonyl (C=O) groups is 10. The number of nitrogens with one attached hydrogen (secondary N) is 4. The van der Waals surface area contributed by atoms with Crippen LogP contribution in [0.1, 0.15) is 123 Å². The molecule has 8 N–H and O–H groups in total. The van der Waals surface area contributed by atoms with Gasteiger partial charge in [0.2, 0.25) is 17.9 Å². The van der Waals surface area contributed by atoms with Crippen LogP contribution in [0.15, 0.2) is 187 Å². The van der Waals surface area contributed by atoms with Gasteiger partial charge in [-0.05, 0) is 109 Å². The number of aliphatic hydroxyl groups excluding tert-OH is 1. The minimum Gasteiger partial charge on any atom is -0.455 e. The number of alkyl carbamates (subject to hydrolysis) is 1. The number of benzene rings is 6. The molecule has 1 saturated heterocycles. The molecule has 25 heteroatoms. The molecule has 542 valence electrons. The first kappa shape index (κ1) is 75.1. The lowest BCUT2D eigenvalue weighted by atomic mass is 9.44. The number of hydrogen-bond acceptors (Lipinski definition) is 21. The van der Waals surface area contributed by atoms with Crippen molar-refractivity contribution in [3.05, 3.63) is 220 Å². The molecule has 1 heterocycles. The first-order valence-corrected chi connectivity index (χ1v) is 34.0. The molecular weight excluding hydrogens is 1330 g/mol. The molecule has 25 nitrogen and oxygen atoms in total. The van der Waals surface area contributed by atoms with Crippen LogP contribution in [0, 0.1) is 16.7 Å². The van der Waals surface area contributed by atoms with Gasteiger partial charge in [-0.25, -0.2) is 19.2 Å². The van der Waals surface area contributed by atoms with E-state index in [-0.39, 0.29) is 59.4 Å². The zero-order chi connectivity index (χ0) is 73.8. The molecule has 0 unspecified atom stereocenters. The van der Waals surface area contributed by atoms with Crippen LogP contribution in [0.5, 0.6) is 0 Å². The predicted octanol–water partition coefficient (Wildman–Crippen LogP) is 8.19. The minimum absolute atomic E-state index is 0.00224. The summed E-state index contributed by atoms with van der Waals surface area (Å²) in [6.45, 7) is 7.44. The number of anilines is 1. The quantitative estimate of drug-likeness (QED) is 0.0116. The van der Waals surface area contributed by atoms with E-state index in [0.717, 1.165) is 25.0 Å². The zero-order valence-corrected chi connectivity index (χ0v) is 57.9. The van der Waals surface area contributed by atoms with Crippen molar-refractivity contribution in [1.82, 2.24) is 16.0 Å². The predicted molar refractivity (Wildman–Crippen MR) is 370 cm³/mol. The van der Waals surface area contributed by atoms with Crippen molar-refractivity contribution in [3.8, 4) is 0 Å². The highest BCUT2D eigenvalue weighted by molar-refractivity contribution is 5.99. The van der Waals surface area contributed by atoms with Crippen molar-refractivity contribution in [3.63, 3.8) is 0 Å². The molecule has 4 amide bonds. The summed E-state index contributed by atoms with van der Waals surface area (Å²) in [5, 5.41) is 37.7. The Morgan fingerprint density at radius 2 is 1.23 bits per heavy atom. The summed E-state index contributed by atoms with van der Waals surface area (Å²) < 4.78 is 48.3. The van der Waals surface area contributed by atoms with Crippen molar-refractivity contribution in [2.45, 2.75) is 159 Å². The van der Waals surface area contributed by atoms with Gasteiger partial charge in [0, 0.05) is 49.8 Å². The maximum atomic E-state index is 16.0. The third-order valence-corrected chi connectivity index (χ3v) is 19.9. The average molecular weight is 1410 g/mol. The topological polar surface area (TPSA) is 359 Å². The molecule has 0 spiro atoms. The Labute approximate surface area is 595 Å². The molecular formula is C78H85N5O20. The molecule has 2 bridgehead atoms. The second-order valence-corrected chi connectivity index (χ2v) is 27.0. The summed E-state index contributed by atoms with van der Waals surface area (Å²) in [6.07, 6.45) is -12.6. The number of aliphatic hydroxyl groups is 2. The number of hydrogen-bond donors (Lipinski definition) is 7. The van der Waals surface area contributed by atoms with Crippen LogP contribution in [-0.4, -0.2) is 143 Å². The molecule has 6 aromatic rings. The molecule has 3 fully saturated rings. The molecule has 2 saturated carbocycles. The number of rotatable bonds is 26. The highest BCUT2D eigenvalue weighted by Crippen LogP contribution is 2.64. The van der Waals surface area contributed by atoms with Crippen LogP contribution in [-0.2, 0) is 86.3 Å². The second kappa shape index (κ2) is 32.6. The fourth-order valence-corrected chi connectivity index (χ4v) is 14.5. The van der Waals surface area contributed by atoms with Gasteiger partial charge in [-0.2, -0.15) is 0 Å². The van der Waals surface area contributed by atoms with E-state index < -0.39 is 162 Å². The summed E-state index contributed by atoms with van der Waals surface area (Å²) >= 11 is 0. The zero-order valence-electron chi connectivity index (χ0n) is 57.9. The fraction of sp³-hybridized carbons (Fsp3) is 0.385.